The Kier molecular flexibility index (Phi) is 6.36. The summed E-state index contributed by atoms with van der Waals surface area (Å²) in [5.41, 5.74) is 1.44. The Morgan fingerprint density at radius 1 is 1.00 bits per heavy atom. The molecule has 0 heterocycles. The number of ether oxygens (including phenoxy) is 1. The molecule has 2 rings (SSSR count). The van der Waals surface area contributed by atoms with E-state index >= 15 is 0 Å². The van der Waals surface area contributed by atoms with Crippen molar-refractivity contribution in [1.29, 1.82) is 0 Å². The molecule has 1 atom stereocenters. The minimum Gasteiger partial charge on any atom is -0.481 e. The normalized spacial score (nSPS) is 13.4. The Balaban J connectivity index is 1.79. The molecule has 2 aromatic carbocycles. The molecule has 0 amide bonds. The van der Waals surface area contributed by atoms with Crippen LogP contribution in [0.3, 0.4) is 0 Å². The summed E-state index contributed by atoms with van der Waals surface area (Å²) in [7, 11) is 0. The Hall–Kier alpha value is -2.13. The molecular formula is C20H24O3. The predicted octanol–water partition coefficient (Wildman–Crippen LogP) is 4.32. The van der Waals surface area contributed by atoms with Crippen LogP contribution in [0.25, 0.3) is 0 Å². The SMILES string of the molecule is CC(CCCOCc1ccccc1)(Cc1ccccc1)C(=O)O. The van der Waals surface area contributed by atoms with E-state index in [0.29, 0.717) is 26.1 Å². The van der Waals surface area contributed by atoms with Gasteiger partial charge < -0.3 is 9.84 Å². The maximum absolute atomic E-state index is 11.7. The highest BCUT2D eigenvalue weighted by Gasteiger charge is 2.32. The molecule has 0 saturated heterocycles. The van der Waals surface area contributed by atoms with Crippen LogP contribution in [0.2, 0.25) is 0 Å². The van der Waals surface area contributed by atoms with Crippen LogP contribution < -0.4 is 0 Å². The Morgan fingerprint density at radius 2 is 1.57 bits per heavy atom. The number of carboxylic acids is 1. The lowest BCUT2D eigenvalue weighted by Crippen LogP contribution is -2.30. The highest BCUT2D eigenvalue weighted by atomic mass is 16.5. The fourth-order valence-electron chi connectivity index (χ4n) is 2.65. The van der Waals surface area contributed by atoms with Crippen molar-refractivity contribution in [3.05, 3.63) is 71.8 Å². The summed E-state index contributed by atoms with van der Waals surface area (Å²) in [5.74, 6) is -0.746. The van der Waals surface area contributed by atoms with E-state index in [1.165, 1.54) is 0 Å². The number of rotatable bonds is 9. The largest absolute Gasteiger partial charge is 0.481 e. The molecule has 3 nitrogen and oxygen atoms in total. The van der Waals surface area contributed by atoms with Crippen LogP contribution in [0, 0.1) is 5.41 Å². The first-order chi connectivity index (χ1) is 11.1. The summed E-state index contributed by atoms with van der Waals surface area (Å²) in [6.07, 6.45) is 1.89. The molecule has 1 unspecified atom stereocenters. The van der Waals surface area contributed by atoms with E-state index in [9.17, 15) is 9.90 Å². The Labute approximate surface area is 137 Å². The molecule has 0 fully saturated rings. The molecule has 1 N–H and O–H groups in total. The van der Waals surface area contributed by atoms with Crippen LogP contribution in [0.4, 0.5) is 0 Å². The average molecular weight is 312 g/mol. The van der Waals surface area contributed by atoms with Crippen molar-refractivity contribution in [3.63, 3.8) is 0 Å². The summed E-state index contributed by atoms with van der Waals surface area (Å²) in [5, 5.41) is 9.59. The van der Waals surface area contributed by atoms with E-state index in [1.54, 1.807) is 0 Å². The molecule has 0 aliphatic rings. The minimum absolute atomic E-state index is 0.544. The molecular weight excluding hydrogens is 288 g/mol. The van der Waals surface area contributed by atoms with E-state index in [0.717, 1.165) is 17.5 Å². The Bertz CT molecular complexity index is 595. The summed E-state index contributed by atoms with van der Waals surface area (Å²) in [6.45, 7) is 2.97. The van der Waals surface area contributed by atoms with Gasteiger partial charge in [0.1, 0.15) is 0 Å². The average Bonchev–Trinajstić information content (AvgIpc) is 2.56. The number of carbonyl (C=O) groups is 1. The lowest BCUT2D eigenvalue weighted by atomic mass is 9.80. The maximum atomic E-state index is 11.7. The zero-order chi connectivity index (χ0) is 16.5. The third kappa shape index (κ3) is 5.53. The summed E-state index contributed by atoms with van der Waals surface area (Å²) >= 11 is 0. The smallest absolute Gasteiger partial charge is 0.309 e. The van der Waals surface area contributed by atoms with Crippen molar-refractivity contribution >= 4 is 5.97 Å². The van der Waals surface area contributed by atoms with Crippen molar-refractivity contribution in [2.24, 2.45) is 5.41 Å². The molecule has 0 saturated carbocycles. The van der Waals surface area contributed by atoms with Gasteiger partial charge in [0.25, 0.3) is 0 Å². The number of carboxylic acid groups (broad SMARTS) is 1. The second-order valence-corrected chi connectivity index (χ2v) is 6.17. The van der Waals surface area contributed by atoms with E-state index in [1.807, 2.05) is 67.6 Å². The minimum atomic E-state index is -0.753. The van der Waals surface area contributed by atoms with Gasteiger partial charge in [-0.2, -0.15) is 0 Å². The first-order valence-corrected chi connectivity index (χ1v) is 7.99. The van der Waals surface area contributed by atoms with Crippen molar-refractivity contribution in [2.45, 2.75) is 32.8 Å². The van der Waals surface area contributed by atoms with Crippen LogP contribution in [-0.2, 0) is 22.6 Å². The van der Waals surface area contributed by atoms with Crippen LogP contribution in [0.1, 0.15) is 30.9 Å². The standard InChI is InChI=1S/C20H24O3/c1-20(19(21)22,15-17-9-4-2-5-10-17)13-8-14-23-16-18-11-6-3-7-12-18/h2-7,9-12H,8,13-16H2,1H3,(H,21,22). The summed E-state index contributed by atoms with van der Waals surface area (Å²) in [4.78, 5) is 11.7. The van der Waals surface area contributed by atoms with Gasteiger partial charge in [-0.1, -0.05) is 60.7 Å². The predicted molar refractivity (Wildman–Crippen MR) is 91.2 cm³/mol. The molecule has 0 aromatic heterocycles. The molecule has 0 aliphatic heterocycles. The Morgan fingerprint density at radius 3 is 2.13 bits per heavy atom. The van der Waals surface area contributed by atoms with Crippen LogP contribution in [0.5, 0.6) is 0 Å². The van der Waals surface area contributed by atoms with Gasteiger partial charge in [-0.3, -0.25) is 4.79 Å². The number of hydrogen-bond donors (Lipinski definition) is 1. The summed E-state index contributed by atoms with van der Waals surface area (Å²) in [6, 6.07) is 19.8. The van der Waals surface area contributed by atoms with Crippen molar-refractivity contribution < 1.29 is 14.6 Å². The van der Waals surface area contributed by atoms with Crippen LogP contribution in [-0.4, -0.2) is 17.7 Å². The third-order valence-corrected chi connectivity index (χ3v) is 4.08. The number of benzene rings is 2. The maximum Gasteiger partial charge on any atom is 0.309 e. The molecule has 23 heavy (non-hydrogen) atoms. The zero-order valence-electron chi connectivity index (χ0n) is 13.6. The molecule has 0 bridgehead atoms. The monoisotopic (exact) mass is 312 g/mol. The van der Waals surface area contributed by atoms with Gasteiger partial charge in [-0.05, 0) is 37.3 Å². The van der Waals surface area contributed by atoms with Crippen LogP contribution in [0.15, 0.2) is 60.7 Å². The highest BCUT2D eigenvalue weighted by molar-refractivity contribution is 5.74. The third-order valence-electron chi connectivity index (χ3n) is 4.08. The van der Waals surface area contributed by atoms with Crippen molar-refractivity contribution in [1.82, 2.24) is 0 Å². The fourth-order valence-corrected chi connectivity index (χ4v) is 2.65. The van der Waals surface area contributed by atoms with E-state index in [4.69, 9.17) is 4.74 Å². The van der Waals surface area contributed by atoms with Crippen molar-refractivity contribution in [2.75, 3.05) is 6.61 Å². The zero-order valence-corrected chi connectivity index (χ0v) is 13.6. The molecule has 0 aliphatic carbocycles. The van der Waals surface area contributed by atoms with Gasteiger partial charge in [-0.25, -0.2) is 0 Å². The van der Waals surface area contributed by atoms with Gasteiger partial charge in [0.05, 0.1) is 12.0 Å². The summed E-state index contributed by atoms with van der Waals surface area (Å²) < 4.78 is 5.65. The quantitative estimate of drug-likeness (QED) is 0.702. The molecule has 0 spiro atoms. The second kappa shape index (κ2) is 8.49. The molecule has 122 valence electrons. The number of hydrogen-bond acceptors (Lipinski definition) is 2. The molecule has 0 radical (unpaired) electrons. The fraction of sp³-hybridized carbons (Fsp3) is 0.350. The molecule has 3 heteroatoms. The van der Waals surface area contributed by atoms with E-state index in [-0.39, 0.29) is 0 Å². The highest BCUT2D eigenvalue weighted by Crippen LogP contribution is 2.28. The topological polar surface area (TPSA) is 46.5 Å². The number of aliphatic carboxylic acids is 1. The van der Waals surface area contributed by atoms with Gasteiger partial charge in [-0.15, -0.1) is 0 Å². The van der Waals surface area contributed by atoms with Gasteiger partial charge >= 0.3 is 5.97 Å². The lowest BCUT2D eigenvalue weighted by molar-refractivity contribution is -0.148. The van der Waals surface area contributed by atoms with Gasteiger partial charge in [0, 0.05) is 6.61 Å². The molecule has 2 aromatic rings. The second-order valence-electron chi connectivity index (χ2n) is 6.17. The van der Waals surface area contributed by atoms with E-state index in [2.05, 4.69) is 0 Å². The first kappa shape index (κ1) is 17.2. The first-order valence-electron chi connectivity index (χ1n) is 7.99. The van der Waals surface area contributed by atoms with Crippen molar-refractivity contribution in [3.8, 4) is 0 Å². The van der Waals surface area contributed by atoms with Gasteiger partial charge in [0.2, 0.25) is 0 Å². The van der Waals surface area contributed by atoms with Crippen LogP contribution >= 0.6 is 0 Å². The lowest BCUT2D eigenvalue weighted by Gasteiger charge is -2.25. The van der Waals surface area contributed by atoms with Gasteiger partial charge in [0.15, 0.2) is 0 Å². The van der Waals surface area contributed by atoms with E-state index < -0.39 is 11.4 Å².